The van der Waals surface area contributed by atoms with E-state index >= 15 is 0 Å². The molecule has 0 aliphatic heterocycles. The first kappa shape index (κ1) is 8.05. The molecule has 0 bridgehead atoms. The van der Waals surface area contributed by atoms with Crippen LogP contribution in [0.5, 0.6) is 0 Å². The maximum Gasteiger partial charge on any atom is 0.308 e. The maximum atomic E-state index is 10.9. The van der Waals surface area contributed by atoms with Crippen molar-refractivity contribution in [1.82, 2.24) is 0 Å². The van der Waals surface area contributed by atoms with Crippen LogP contribution in [-0.4, -0.2) is 17.9 Å². The molecular weight excluding hydrogens is 196 g/mol. The van der Waals surface area contributed by atoms with Crippen molar-refractivity contribution in [3.63, 3.8) is 0 Å². The number of carbonyl (C=O) groups is 1. The molecule has 0 radical (unpaired) electrons. The molecule has 0 spiro atoms. The van der Waals surface area contributed by atoms with Crippen molar-refractivity contribution in [2.75, 3.05) is 7.11 Å². The third kappa shape index (κ3) is 1.72. The van der Waals surface area contributed by atoms with Crippen molar-refractivity contribution in [1.29, 1.82) is 0 Å². The summed E-state index contributed by atoms with van der Waals surface area (Å²) in [5, 5.41) is 0. The largest absolute Gasteiger partial charge is 0.469 e. The Kier molecular flexibility index (Phi) is 2.72. The van der Waals surface area contributed by atoms with E-state index in [-0.39, 0.29) is 11.9 Å². The molecule has 2 atom stereocenters. The molecule has 0 amide bonds. The minimum absolute atomic E-state index is 0.0537. The van der Waals surface area contributed by atoms with Crippen LogP contribution in [0.4, 0.5) is 0 Å². The van der Waals surface area contributed by atoms with Crippen LogP contribution in [0.2, 0.25) is 0 Å². The van der Waals surface area contributed by atoms with Crippen LogP contribution in [0.3, 0.4) is 0 Å². The SMILES string of the molecule is COC(=O)[C@@H]1CC[C@@H](Br)C1. The molecule has 1 fully saturated rings. The average molecular weight is 207 g/mol. The van der Waals surface area contributed by atoms with Gasteiger partial charge in [0.1, 0.15) is 0 Å². The van der Waals surface area contributed by atoms with E-state index in [1.807, 2.05) is 0 Å². The molecule has 0 saturated heterocycles. The molecule has 0 N–H and O–H groups in total. The predicted octanol–water partition coefficient (Wildman–Crippen LogP) is 1.72. The number of carbonyl (C=O) groups excluding carboxylic acids is 1. The van der Waals surface area contributed by atoms with Crippen LogP contribution >= 0.6 is 15.9 Å². The van der Waals surface area contributed by atoms with Gasteiger partial charge in [0.15, 0.2) is 0 Å². The Morgan fingerprint density at radius 2 is 2.30 bits per heavy atom. The Hall–Kier alpha value is -0.0500. The summed E-state index contributed by atoms with van der Waals surface area (Å²) in [5.74, 6) is 0.0938. The van der Waals surface area contributed by atoms with Crippen molar-refractivity contribution >= 4 is 21.9 Å². The van der Waals surface area contributed by atoms with Gasteiger partial charge in [-0.2, -0.15) is 0 Å². The fourth-order valence-corrected chi connectivity index (χ4v) is 2.02. The molecule has 1 aliphatic carbocycles. The lowest BCUT2D eigenvalue weighted by molar-refractivity contribution is -0.145. The zero-order chi connectivity index (χ0) is 7.56. The fraction of sp³-hybridized carbons (Fsp3) is 0.857. The van der Waals surface area contributed by atoms with Crippen LogP contribution < -0.4 is 0 Å². The van der Waals surface area contributed by atoms with Crippen molar-refractivity contribution in [3.05, 3.63) is 0 Å². The Morgan fingerprint density at radius 3 is 2.70 bits per heavy atom. The number of rotatable bonds is 1. The summed E-state index contributed by atoms with van der Waals surface area (Å²) in [6, 6.07) is 0. The van der Waals surface area contributed by atoms with Crippen molar-refractivity contribution in [3.8, 4) is 0 Å². The summed E-state index contributed by atoms with van der Waals surface area (Å²) < 4.78 is 4.62. The molecule has 1 saturated carbocycles. The van der Waals surface area contributed by atoms with Crippen LogP contribution in [0.1, 0.15) is 19.3 Å². The van der Waals surface area contributed by atoms with Gasteiger partial charge in [0.05, 0.1) is 13.0 Å². The zero-order valence-electron chi connectivity index (χ0n) is 5.97. The summed E-state index contributed by atoms with van der Waals surface area (Å²) in [5.41, 5.74) is 0. The Labute approximate surface area is 69.1 Å². The first-order valence-corrected chi connectivity index (χ1v) is 4.37. The van der Waals surface area contributed by atoms with E-state index in [1.165, 1.54) is 7.11 Å². The molecule has 58 valence electrons. The summed E-state index contributed by atoms with van der Waals surface area (Å²) in [4.78, 5) is 11.4. The van der Waals surface area contributed by atoms with E-state index in [4.69, 9.17) is 0 Å². The number of hydrogen-bond acceptors (Lipinski definition) is 2. The van der Waals surface area contributed by atoms with Gasteiger partial charge in [-0.3, -0.25) is 4.79 Å². The lowest BCUT2D eigenvalue weighted by Crippen LogP contribution is -2.12. The van der Waals surface area contributed by atoms with Gasteiger partial charge in [0, 0.05) is 4.83 Å². The number of hydrogen-bond donors (Lipinski definition) is 0. The molecule has 0 aromatic heterocycles. The molecule has 2 nitrogen and oxygen atoms in total. The van der Waals surface area contributed by atoms with E-state index < -0.39 is 0 Å². The lowest BCUT2D eigenvalue weighted by Gasteiger charge is -2.04. The normalized spacial score (nSPS) is 32.2. The van der Waals surface area contributed by atoms with Crippen LogP contribution in [0.25, 0.3) is 0 Å². The highest BCUT2D eigenvalue weighted by Crippen LogP contribution is 2.31. The van der Waals surface area contributed by atoms with Crippen LogP contribution in [0, 0.1) is 5.92 Å². The van der Waals surface area contributed by atoms with Crippen LogP contribution in [-0.2, 0) is 9.53 Å². The molecule has 1 rings (SSSR count). The van der Waals surface area contributed by atoms with Gasteiger partial charge < -0.3 is 4.74 Å². The number of ether oxygens (including phenoxy) is 1. The number of halogens is 1. The van der Waals surface area contributed by atoms with E-state index in [0.717, 1.165) is 19.3 Å². The quantitative estimate of drug-likeness (QED) is 0.483. The molecule has 0 heterocycles. The molecule has 0 aromatic carbocycles. The van der Waals surface area contributed by atoms with E-state index in [9.17, 15) is 4.79 Å². The molecule has 0 unspecified atom stereocenters. The van der Waals surface area contributed by atoms with Gasteiger partial charge in [0.2, 0.25) is 0 Å². The minimum Gasteiger partial charge on any atom is -0.469 e. The second-order valence-corrected chi connectivity index (χ2v) is 3.93. The van der Waals surface area contributed by atoms with E-state index in [2.05, 4.69) is 20.7 Å². The monoisotopic (exact) mass is 206 g/mol. The molecule has 3 heteroatoms. The molecule has 0 aromatic rings. The highest BCUT2D eigenvalue weighted by atomic mass is 79.9. The second kappa shape index (κ2) is 3.37. The number of alkyl halides is 1. The first-order chi connectivity index (χ1) is 4.74. The van der Waals surface area contributed by atoms with Gasteiger partial charge in [-0.05, 0) is 19.3 Å². The van der Waals surface area contributed by atoms with Gasteiger partial charge in [-0.1, -0.05) is 15.9 Å². The molecule has 1 aliphatic rings. The second-order valence-electron chi connectivity index (χ2n) is 2.63. The predicted molar refractivity (Wildman–Crippen MR) is 42.1 cm³/mol. The highest BCUT2D eigenvalue weighted by molar-refractivity contribution is 9.09. The summed E-state index contributed by atoms with van der Waals surface area (Å²) in [6.45, 7) is 0. The summed E-state index contributed by atoms with van der Waals surface area (Å²) in [7, 11) is 1.45. The summed E-state index contributed by atoms with van der Waals surface area (Å²) in [6.07, 6.45) is 3.01. The summed E-state index contributed by atoms with van der Waals surface area (Å²) >= 11 is 3.47. The Balaban J connectivity index is 2.37. The number of methoxy groups -OCH3 is 1. The minimum atomic E-state index is -0.0537. The van der Waals surface area contributed by atoms with E-state index in [0.29, 0.717) is 4.83 Å². The molecular formula is C7H11BrO2. The molecule has 10 heavy (non-hydrogen) atoms. The average Bonchev–Trinajstić information content (AvgIpc) is 2.34. The van der Waals surface area contributed by atoms with Crippen molar-refractivity contribution in [2.45, 2.75) is 24.1 Å². The topological polar surface area (TPSA) is 26.3 Å². The smallest absolute Gasteiger partial charge is 0.308 e. The van der Waals surface area contributed by atoms with Gasteiger partial charge >= 0.3 is 5.97 Å². The standard InChI is InChI=1S/C7H11BrO2/c1-10-7(9)5-2-3-6(8)4-5/h5-6H,2-4H2,1H3/t5-,6-/m1/s1. The Morgan fingerprint density at radius 1 is 1.60 bits per heavy atom. The van der Waals surface area contributed by atoms with E-state index in [1.54, 1.807) is 0 Å². The third-order valence-electron chi connectivity index (χ3n) is 1.90. The fourth-order valence-electron chi connectivity index (χ4n) is 1.31. The van der Waals surface area contributed by atoms with Crippen LogP contribution in [0.15, 0.2) is 0 Å². The number of esters is 1. The Bertz CT molecular complexity index is 136. The lowest BCUT2D eigenvalue weighted by atomic mass is 10.1. The third-order valence-corrected chi connectivity index (χ3v) is 2.73. The van der Waals surface area contributed by atoms with Gasteiger partial charge in [-0.15, -0.1) is 0 Å². The van der Waals surface area contributed by atoms with Crippen molar-refractivity contribution < 1.29 is 9.53 Å². The zero-order valence-corrected chi connectivity index (χ0v) is 7.56. The van der Waals surface area contributed by atoms with Crippen molar-refractivity contribution in [2.24, 2.45) is 5.92 Å². The highest BCUT2D eigenvalue weighted by Gasteiger charge is 2.28. The van der Waals surface area contributed by atoms with Gasteiger partial charge in [-0.25, -0.2) is 0 Å². The maximum absolute atomic E-state index is 10.9. The van der Waals surface area contributed by atoms with Gasteiger partial charge in [0.25, 0.3) is 0 Å². The first-order valence-electron chi connectivity index (χ1n) is 3.46.